The Bertz CT molecular complexity index is 418. The minimum atomic E-state index is -0.399. The van der Waals surface area contributed by atoms with E-state index in [-0.39, 0.29) is 0 Å². The third-order valence-electron chi connectivity index (χ3n) is 3.30. The van der Waals surface area contributed by atoms with Gasteiger partial charge in [0.25, 0.3) is 0 Å². The van der Waals surface area contributed by atoms with E-state index in [9.17, 15) is 4.79 Å². The van der Waals surface area contributed by atoms with Gasteiger partial charge in [-0.1, -0.05) is 19.4 Å². The molecule has 0 atom stereocenters. The molecule has 0 saturated heterocycles. The van der Waals surface area contributed by atoms with Crippen molar-refractivity contribution in [2.45, 2.75) is 46.0 Å². The maximum absolute atomic E-state index is 12.0. The summed E-state index contributed by atoms with van der Waals surface area (Å²) in [5.41, 5.74) is 8.11. The van der Waals surface area contributed by atoms with E-state index in [1.807, 2.05) is 0 Å². The second-order valence-corrected chi connectivity index (χ2v) is 5.09. The average molecular weight is 278 g/mol. The molecule has 20 heavy (non-hydrogen) atoms. The summed E-state index contributed by atoms with van der Waals surface area (Å²) in [4.78, 5) is 15.9. The largest absolute Gasteiger partial charge is 0.462 e. The van der Waals surface area contributed by atoms with Gasteiger partial charge in [0.05, 0.1) is 12.3 Å². The molecule has 0 amide bonds. The van der Waals surface area contributed by atoms with Gasteiger partial charge < -0.3 is 10.5 Å². The van der Waals surface area contributed by atoms with Crippen LogP contribution in [0.3, 0.4) is 0 Å². The van der Waals surface area contributed by atoms with Crippen LogP contribution in [0.4, 0.5) is 0 Å². The van der Waals surface area contributed by atoms with Crippen LogP contribution in [0.15, 0.2) is 27.9 Å². The lowest BCUT2D eigenvalue weighted by molar-refractivity contribution is -0.137. The molecule has 4 heteroatoms. The van der Waals surface area contributed by atoms with Gasteiger partial charge in [-0.05, 0) is 44.1 Å². The number of aliphatic imine (C=N–C) groups is 1. The van der Waals surface area contributed by atoms with E-state index in [2.05, 4.69) is 18.0 Å². The molecule has 112 valence electrons. The maximum atomic E-state index is 12.0. The number of hydrogen-bond acceptors (Lipinski definition) is 4. The van der Waals surface area contributed by atoms with E-state index in [0.29, 0.717) is 17.9 Å². The normalized spacial score (nSPS) is 17.2. The number of allylic oxidation sites excluding steroid dienone is 2. The van der Waals surface area contributed by atoms with Gasteiger partial charge >= 0.3 is 5.97 Å². The first kappa shape index (κ1) is 16.5. The summed E-state index contributed by atoms with van der Waals surface area (Å²) in [6, 6.07) is 0. The van der Waals surface area contributed by atoms with Gasteiger partial charge in [0.2, 0.25) is 0 Å². The molecule has 1 aliphatic carbocycles. The minimum absolute atomic E-state index is 0.335. The van der Waals surface area contributed by atoms with Crippen molar-refractivity contribution in [2.24, 2.45) is 16.6 Å². The van der Waals surface area contributed by atoms with Crippen LogP contribution in [0.2, 0.25) is 0 Å². The highest BCUT2D eigenvalue weighted by atomic mass is 16.5. The number of nitrogens with two attached hydrogens (primary N) is 1. The number of esters is 1. The van der Waals surface area contributed by atoms with E-state index in [0.717, 1.165) is 30.8 Å². The number of carbonyl (C=O) groups excluding carboxylic acids is 1. The van der Waals surface area contributed by atoms with Gasteiger partial charge in [-0.25, -0.2) is 4.79 Å². The number of rotatable bonds is 8. The number of ether oxygens (including phenoxy) is 1. The fourth-order valence-corrected chi connectivity index (χ4v) is 2.02. The zero-order valence-electron chi connectivity index (χ0n) is 12.8. The Morgan fingerprint density at radius 2 is 2.10 bits per heavy atom. The van der Waals surface area contributed by atoms with Crippen molar-refractivity contribution in [3.8, 4) is 0 Å². The molecule has 0 aromatic rings. The lowest BCUT2D eigenvalue weighted by Crippen LogP contribution is -2.17. The third-order valence-corrected chi connectivity index (χ3v) is 3.30. The Kier molecular flexibility index (Phi) is 7.05. The van der Waals surface area contributed by atoms with Crippen molar-refractivity contribution in [1.29, 1.82) is 0 Å². The molecule has 0 bridgehead atoms. The molecule has 1 rings (SSSR count). The SMILES string of the molecule is CCCC(=C\CC1CC1)/C(N)=C(/C=NC)C(=O)OCC. The van der Waals surface area contributed by atoms with Crippen molar-refractivity contribution in [2.75, 3.05) is 13.7 Å². The molecular formula is C16H26N2O2. The summed E-state index contributed by atoms with van der Waals surface area (Å²) in [6.45, 7) is 4.23. The van der Waals surface area contributed by atoms with Crippen LogP contribution in [0.25, 0.3) is 0 Å². The van der Waals surface area contributed by atoms with Gasteiger partial charge in [-0.15, -0.1) is 0 Å². The van der Waals surface area contributed by atoms with E-state index in [1.54, 1.807) is 14.0 Å². The van der Waals surface area contributed by atoms with Crippen molar-refractivity contribution in [1.82, 2.24) is 0 Å². The van der Waals surface area contributed by atoms with Crippen LogP contribution in [0.5, 0.6) is 0 Å². The van der Waals surface area contributed by atoms with Gasteiger partial charge in [0.15, 0.2) is 0 Å². The van der Waals surface area contributed by atoms with Gasteiger partial charge in [-0.3, -0.25) is 4.99 Å². The fraction of sp³-hybridized carbons (Fsp3) is 0.625. The van der Waals surface area contributed by atoms with Crippen molar-refractivity contribution in [3.63, 3.8) is 0 Å². The lowest BCUT2D eigenvalue weighted by Gasteiger charge is -2.11. The van der Waals surface area contributed by atoms with Crippen molar-refractivity contribution in [3.05, 3.63) is 22.9 Å². The van der Waals surface area contributed by atoms with Gasteiger partial charge in [0, 0.05) is 13.3 Å². The van der Waals surface area contributed by atoms with Gasteiger partial charge in [-0.2, -0.15) is 0 Å². The van der Waals surface area contributed by atoms with Crippen molar-refractivity contribution < 1.29 is 9.53 Å². The number of carbonyl (C=O) groups is 1. The highest BCUT2D eigenvalue weighted by molar-refractivity contribution is 6.10. The van der Waals surface area contributed by atoms with Crippen LogP contribution < -0.4 is 5.73 Å². The first-order valence-corrected chi connectivity index (χ1v) is 7.42. The summed E-state index contributed by atoms with van der Waals surface area (Å²) in [6.07, 6.45) is 9.21. The van der Waals surface area contributed by atoms with Gasteiger partial charge in [0.1, 0.15) is 5.57 Å². The second-order valence-electron chi connectivity index (χ2n) is 5.09. The van der Waals surface area contributed by atoms with E-state index < -0.39 is 5.97 Å². The second kappa shape index (κ2) is 8.56. The van der Waals surface area contributed by atoms with Crippen LogP contribution in [-0.2, 0) is 9.53 Å². The molecule has 0 spiro atoms. The summed E-state index contributed by atoms with van der Waals surface area (Å²) in [5.74, 6) is 0.407. The highest BCUT2D eigenvalue weighted by Gasteiger charge is 2.21. The Labute approximate surface area is 121 Å². The van der Waals surface area contributed by atoms with Crippen LogP contribution >= 0.6 is 0 Å². The maximum Gasteiger partial charge on any atom is 0.341 e. The Morgan fingerprint density at radius 1 is 1.40 bits per heavy atom. The first-order valence-electron chi connectivity index (χ1n) is 7.42. The van der Waals surface area contributed by atoms with Crippen LogP contribution in [0.1, 0.15) is 46.0 Å². The van der Waals surface area contributed by atoms with Crippen LogP contribution in [0, 0.1) is 5.92 Å². The highest BCUT2D eigenvalue weighted by Crippen LogP contribution is 2.33. The van der Waals surface area contributed by atoms with E-state index >= 15 is 0 Å². The van der Waals surface area contributed by atoms with Crippen LogP contribution in [-0.4, -0.2) is 25.8 Å². The Balaban J connectivity index is 2.99. The predicted octanol–water partition coefficient (Wildman–Crippen LogP) is 2.99. The monoisotopic (exact) mass is 278 g/mol. The third kappa shape index (κ3) is 5.19. The number of nitrogens with zero attached hydrogens (tertiary/aromatic N) is 1. The minimum Gasteiger partial charge on any atom is -0.462 e. The summed E-state index contributed by atoms with van der Waals surface area (Å²) in [7, 11) is 1.62. The zero-order valence-corrected chi connectivity index (χ0v) is 12.8. The van der Waals surface area contributed by atoms with E-state index in [4.69, 9.17) is 10.5 Å². The zero-order chi connectivity index (χ0) is 15.0. The average Bonchev–Trinajstić information content (AvgIpc) is 3.24. The fourth-order valence-electron chi connectivity index (χ4n) is 2.02. The molecule has 0 unspecified atom stereocenters. The lowest BCUT2D eigenvalue weighted by atomic mass is 10.0. The van der Waals surface area contributed by atoms with E-state index in [1.165, 1.54) is 19.1 Å². The molecule has 0 heterocycles. The molecule has 0 aliphatic heterocycles. The quantitative estimate of drug-likeness (QED) is 0.321. The Hall–Kier alpha value is -1.58. The van der Waals surface area contributed by atoms with Crippen molar-refractivity contribution >= 4 is 12.2 Å². The molecule has 1 saturated carbocycles. The molecule has 0 radical (unpaired) electrons. The molecule has 4 nitrogen and oxygen atoms in total. The summed E-state index contributed by atoms with van der Waals surface area (Å²) >= 11 is 0. The predicted molar refractivity (Wildman–Crippen MR) is 82.6 cm³/mol. The molecule has 0 aromatic heterocycles. The molecule has 1 fully saturated rings. The topological polar surface area (TPSA) is 64.7 Å². The number of hydrogen-bond donors (Lipinski definition) is 1. The Morgan fingerprint density at radius 3 is 2.60 bits per heavy atom. The molecule has 2 N–H and O–H groups in total. The molecule has 0 aromatic carbocycles. The standard InChI is InChI=1S/C16H26N2O2/c1-4-6-13(10-9-12-7-8-12)15(17)14(11-18-3)16(19)20-5-2/h10-12H,4-9,17H2,1-3H3/b13-10+,15-14+,18-11?. The molecular weight excluding hydrogens is 252 g/mol. The summed E-state index contributed by atoms with van der Waals surface area (Å²) in [5, 5.41) is 0. The smallest absolute Gasteiger partial charge is 0.341 e. The summed E-state index contributed by atoms with van der Waals surface area (Å²) < 4.78 is 5.05. The molecule has 1 aliphatic rings. The first-order chi connectivity index (χ1) is 9.63.